The maximum absolute atomic E-state index is 3.90. The first-order valence-electron chi connectivity index (χ1n) is 6.46. The minimum absolute atomic E-state index is 0.412. The molecule has 1 nitrogen and oxygen atoms in total. The van der Waals surface area contributed by atoms with Crippen LogP contribution in [0.5, 0.6) is 0 Å². The molecule has 0 amide bonds. The van der Waals surface area contributed by atoms with Crippen molar-refractivity contribution in [3.63, 3.8) is 0 Å². The Morgan fingerprint density at radius 1 is 0.857 bits per heavy atom. The molecule has 0 radical (unpaired) electrons. The van der Waals surface area contributed by atoms with Crippen LogP contribution >= 0.6 is 0 Å². The van der Waals surface area contributed by atoms with Crippen LogP contribution in [0, 0.1) is 5.92 Å². The van der Waals surface area contributed by atoms with Crippen molar-refractivity contribution in [3.05, 3.63) is 0 Å². The van der Waals surface area contributed by atoms with Crippen LogP contribution < -0.4 is 5.32 Å². The second-order valence-corrected chi connectivity index (χ2v) is 5.83. The molecular weight excluding hydrogens is 170 g/mol. The summed E-state index contributed by atoms with van der Waals surface area (Å²) in [5.41, 5.74) is 0.412. The molecule has 82 valence electrons. The maximum Gasteiger partial charge on any atom is 0.0155 e. The topological polar surface area (TPSA) is 12.0 Å². The molecule has 1 N–H and O–H groups in total. The Morgan fingerprint density at radius 3 is 1.93 bits per heavy atom. The van der Waals surface area contributed by atoms with E-state index in [0.29, 0.717) is 5.54 Å². The van der Waals surface area contributed by atoms with Crippen molar-refractivity contribution in [2.75, 3.05) is 0 Å². The molecule has 2 rings (SSSR count). The molecule has 0 atom stereocenters. The molecule has 0 saturated heterocycles. The van der Waals surface area contributed by atoms with E-state index in [-0.39, 0.29) is 0 Å². The molecule has 1 heteroatoms. The maximum atomic E-state index is 3.90. The van der Waals surface area contributed by atoms with E-state index >= 15 is 0 Å². The first-order valence-corrected chi connectivity index (χ1v) is 6.46. The van der Waals surface area contributed by atoms with Crippen LogP contribution in [0.15, 0.2) is 0 Å². The van der Waals surface area contributed by atoms with Crippen LogP contribution in [0.4, 0.5) is 0 Å². The monoisotopic (exact) mass is 195 g/mol. The van der Waals surface area contributed by atoms with Crippen molar-refractivity contribution >= 4 is 0 Å². The molecule has 0 aliphatic heterocycles. The van der Waals surface area contributed by atoms with Crippen molar-refractivity contribution in [2.45, 2.75) is 76.8 Å². The zero-order valence-electron chi connectivity index (χ0n) is 9.81. The third-order valence-electron chi connectivity index (χ3n) is 4.03. The molecule has 0 unspecified atom stereocenters. The van der Waals surface area contributed by atoms with Gasteiger partial charge in [-0.1, -0.05) is 25.7 Å². The van der Waals surface area contributed by atoms with Gasteiger partial charge in [0.15, 0.2) is 0 Å². The van der Waals surface area contributed by atoms with Gasteiger partial charge >= 0.3 is 0 Å². The fraction of sp³-hybridized carbons (Fsp3) is 1.00. The van der Waals surface area contributed by atoms with Gasteiger partial charge in [-0.05, 0) is 45.4 Å². The second-order valence-electron chi connectivity index (χ2n) is 5.83. The summed E-state index contributed by atoms with van der Waals surface area (Å²) in [6.45, 7) is 4.80. The fourth-order valence-corrected chi connectivity index (χ4v) is 2.87. The molecule has 0 aromatic rings. The van der Waals surface area contributed by atoms with Crippen LogP contribution in [0.2, 0.25) is 0 Å². The number of hydrogen-bond donors (Lipinski definition) is 1. The van der Waals surface area contributed by atoms with Crippen LogP contribution in [-0.2, 0) is 0 Å². The second kappa shape index (κ2) is 4.22. The first-order chi connectivity index (χ1) is 6.68. The normalized spacial score (nSPS) is 26.1. The summed E-state index contributed by atoms with van der Waals surface area (Å²) >= 11 is 0. The van der Waals surface area contributed by atoms with Crippen molar-refractivity contribution in [2.24, 2.45) is 5.92 Å². The lowest BCUT2D eigenvalue weighted by Crippen LogP contribution is -2.47. The smallest absolute Gasteiger partial charge is 0.0155 e. The Morgan fingerprint density at radius 2 is 1.43 bits per heavy atom. The standard InChI is InChI=1S/C13H25N/c1-13(2,11-9-10-11)14-12-7-5-3-4-6-8-12/h11-12,14H,3-10H2,1-2H3. The van der Waals surface area contributed by atoms with Crippen molar-refractivity contribution in [3.8, 4) is 0 Å². The summed E-state index contributed by atoms with van der Waals surface area (Å²) in [5.74, 6) is 0.964. The summed E-state index contributed by atoms with van der Waals surface area (Å²) in [7, 11) is 0. The Bertz CT molecular complexity index is 174. The minimum atomic E-state index is 0.412. The lowest BCUT2D eigenvalue weighted by molar-refractivity contribution is 0.281. The van der Waals surface area contributed by atoms with E-state index < -0.39 is 0 Å². The highest BCUT2D eigenvalue weighted by Crippen LogP contribution is 2.40. The van der Waals surface area contributed by atoms with Crippen molar-refractivity contribution < 1.29 is 0 Å². The Balaban J connectivity index is 1.82. The Hall–Kier alpha value is -0.0400. The van der Waals surface area contributed by atoms with Gasteiger partial charge in [-0.2, -0.15) is 0 Å². The molecule has 14 heavy (non-hydrogen) atoms. The summed E-state index contributed by atoms with van der Waals surface area (Å²) < 4.78 is 0. The van der Waals surface area contributed by atoms with Crippen LogP contribution in [-0.4, -0.2) is 11.6 Å². The predicted octanol–water partition coefficient (Wildman–Crippen LogP) is 3.49. The summed E-state index contributed by atoms with van der Waals surface area (Å²) in [6, 6.07) is 0.813. The van der Waals surface area contributed by atoms with Crippen LogP contribution in [0.25, 0.3) is 0 Å². The van der Waals surface area contributed by atoms with Crippen LogP contribution in [0.3, 0.4) is 0 Å². The van der Waals surface area contributed by atoms with E-state index in [0.717, 1.165) is 12.0 Å². The van der Waals surface area contributed by atoms with Gasteiger partial charge in [0.2, 0.25) is 0 Å². The van der Waals surface area contributed by atoms with Gasteiger partial charge in [0.25, 0.3) is 0 Å². The van der Waals surface area contributed by atoms with E-state index in [2.05, 4.69) is 19.2 Å². The molecule has 2 aliphatic carbocycles. The van der Waals surface area contributed by atoms with Gasteiger partial charge in [-0.25, -0.2) is 0 Å². The molecule has 0 aromatic heterocycles. The highest BCUT2D eigenvalue weighted by Gasteiger charge is 2.38. The third-order valence-corrected chi connectivity index (χ3v) is 4.03. The van der Waals surface area contributed by atoms with Crippen LogP contribution in [0.1, 0.15) is 65.2 Å². The molecule has 0 aromatic carbocycles. The average molecular weight is 195 g/mol. The molecular formula is C13H25N. The lowest BCUT2D eigenvalue weighted by Gasteiger charge is -2.31. The molecule has 2 saturated carbocycles. The highest BCUT2D eigenvalue weighted by molar-refractivity contribution is 4.96. The van der Waals surface area contributed by atoms with E-state index in [1.54, 1.807) is 0 Å². The van der Waals surface area contributed by atoms with E-state index in [1.165, 1.54) is 51.4 Å². The Kier molecular flexibility index (Phi) is 3.16. The highest BCUT2D eigenvalue weighted by atomic mass is 15.0. The van der Waals surface area contributed by atoms with E-state index in [1.807, 2.05) is 0 Å². The molecule has 2 fully saturated rings. The molecule has 0 spiro atoms. The van der Waals surface area contributed by atoms with Gasteiger partial charge in [-0.3, -0.25) is 0 Å². The average Bonchev–Trinajstić information content (AvgIpc) is 2.90. The summed E-state index contributed by atoms with van der Waals surface area (Å²) in [4.78, 5) is 0. The van der Waals surface area contributed by atoms with Gasteiger partial charge in [0, 0.05) is 11.6 Å². The SMILES string of the molecule is CC(C)(NC1CCCCCC1)C1CC1. The van der Waals surface area contributed by atoms with E-state index in [4.69, 9.17) is 0 Å². The number of nitrogens with one attached hydrogen (secondary N) is 1. The molecule has 0 heterocycles. The first kappa shape index (κ1) is 10.5. The molecule has 0 bridgehead atoms. The minimum Gasteiger partial charge on any atom is -0.309 e. The third kappa shape index (κ3) is 2.73. The quantitative estimate of drug-likeness (QED) is 0.680. The van der Waals surface area contributed by atoms with E-state index in [9.17, 15) is 0 Å². The zero-order chi connectivity index (χ0) is 10.0. The van der Waals surface area contributed by atoms with Gasteiger partial charge < -0.3 is 5.32 Å². The molecule has 2 aliphatic rings. The summed E-state index contributed by atoms with van der Waals surface area (Å²) in [6.07, 6.45) is 11.5. The zero-order valence-corrected chi connectivity index (χ0v) is 9.81. The largest absolute Gasteiger partial charge is 0.309 e. The lowest BCUT2D eigenvalue weighted by atomic mass is 9.95. The van der Waals surface area contributed by atoms with Crippen molar-refractivity contribution in [1.29, 1.82) is 0 Å². The predicted molar refractivity (Wildman–Crippen MR) is 61.4 cm³/mol. The Labute approximate surface area is 88.7 Å². The fourth-order valence-electron chi connectivity index (χ4n) is 2.87. The van der Waals surface area contributed by atoms with Gasteiger partial charge in [0.05, 0.1) is 0 Å². The number of rotatable bonds is 3. The number of hydrogen-bond acceptors (Lipinski definition) is 1. The van der Waals surface area contributed by atoms with Gasteiger partial charge in [0.1, 0.15) is 0 Å². The van der Waals surface area contributed by atoms with Gasteiger partial charge in [-0.15, -0.1) is 0 Å². The summed E-state index contributed by atoms with van der Waals surface area (Å²) in [5, 5.41) is 3.90. The van der Waals surface area contributed by atoms with Crippen molar-refractivity contribution in [1.82, 2.24) is 5.32 Å².